The van der Waals surface area contributed by atoms with Crippen molar-refractivity contribution in [3.8, 4) is 5.88 Å². The number of aromatic nitrogens is 3. The van der Waals surface area contributed by atoms with Crippen LogP contribution in [-0.2, 0) is 7.05 Å². The largest absolute Gasteiger partial charge is 0.481 e. The Morgan fingerprint density at radius 1 is 1.52 bits per heavy atom. The second-order valence-corrected chi connectivity index (χ2v) is 5.87. The van der Waals surface area contributed by atoms with E-state index < -0.39 is 0 Å². The van der Waals surface area contributed by atoms with Crippen LogP contribution in [-0.4, -0.2) is 39.0 Å². The maximum atomic E-state index is 12.5. The number of aryl methyl sites for hydroxylation is 1. The Morgan fingerprint density at radius 2 is 2.30 bits per heavy atom. The van der Waals surface area contributed by atoms with E-state index in [-0.39, 0.29) is 24.0 Å². The van der Waals surface area contributed by atoms with E-state index in [1.54, 1.807) is 29.2 Å². The first-order valence-electron chi connectivity index (χ1n) is 7.54. The van der Waals surface area contributed by atoms with Gasteiger partial charge in [-0.3, -0.25) is 9.48 Å². The van der Waals surface area contributed by atoms with Crippen molar-refractivity contribution in [1.82, 2.24) is 20.1 Å². The van der Waals surface area contributed by atoms with Gasteiger partial charge in [0.1, 0.15) is 0 Å². The molecule has 0 spiro atoms. The van der Waals surface area contributed by atoms with Crippen LogP contribution in [0.15, 0.2) is 30.7 Å². The number of nitrogens with zero attached hydrogens (tertiary/aromatic N) is 3. The average Bonchev–Trinajstić information content (AvgIpc) is 2.96. The fraction of sp³-hybridized carbons (Fsp3) is 0.438. The van der Waals surface area contributed by atoms with Crippen molar-refractivity contribution in [1.29, 1.82) is 0 Å². The highest BCUT2D eigenvalue weighted by atomic mass is 16.5. The Labute approximate surface area is 134 Å². The van der Waals surface area contributed by atoms with E-state index in [1.807, 2.05) is 13.2 Å². The van der Waals surface area contributed by atoms with Crippen molar-refractivity contribution in [2.75, 3.05) is 7.11 Å². The molecule has 1 aliphatic carbocycles. The van der Waals surface area contributed by atoms with Gasteiger partial charge in [0.05, 0.1) is 25.5 Å². The van der Waals surface area contributed by atoms with Gasteiger partial charge in [-0.1, -0.05) is 0 Å². The van der Waals surface area contributed by atoms with Gasteiger partial charge >= 0.3 is 0 Å². The second-order valence-electron chi connectivity index (χ2n) is 5.87. The van der Waals surface area contributed by atoms with Gasteiger partial charge < -0.3 is 15.2 Å². The molecule has 3 rings (SSSR count). The number of nitrogens with one attached hydrogen (secondary N) is 1. The standard InChI is InChI=1S/C16H20N4O3/c1-20-9-12(8-18-20)15(11-5-13(21)6-11)19-16(22)10-3-4-17-14(7-10)23-2/h3-4,7-9,11,13,15,21H,5-6H2,1-2H3,(H,19,22). The molecule has 0 bridgehead atoms. The minimum absolute atomic E-state index is 0.168. The summed E-state index contributed by atoms with van der Waals surface area (Å²) in [7, 11) is 3.35. The lowest BCUT2D eigenvalue weighted by Gasteiger charge is -2.37. The monoisotopic (exact) mass is 316 g/mol. The lowest BCUT2D eigenvalue weighted by molar-refractivity contribution is 0.0235. The molecule has 0 aliphatic heterocycles. The first-order chi connectivity index (χ1) is 11.1. The van der Waals surface area contributed by atoms with Crippen LogP contribution in [0, 0.1) is 5.92 Å². The van der Waals surface area contributed by atoms with Gasteiger partial charge in [0.2, 0.25) is 5.88 Å². The molecule has 1 amide bonds. The zero-order valence-corrected chi connectivity index (χ0v) is 13.1. The zero-order chi connectivity index (χ0) is 16.4. The first-order valence-corrected chi connectivity index (χ1v) is 7.54. The minimum atomic E-state index is -0.280. The van der Waals surface area contributed by atoms with Gasteiger partial charge in [0.15, 0.2) is 0 Å². The van der Waals surface area contributed by atoms with E-state index >= 15 is 0 Å². The first kappa shape index (κ1) is 15.5. The Bertz CT molecular complexity index is 694. The van der Waals surface area contributed by atoms with Crippen LogP contribution in [0.4, 0.5) is 0 Å². The van der Waals surface area contributed by atoms with Gasteiger partial charge in [-0.2, -0.15) is 5.10 Å². The summed E-state index contributed by atoms with van der Waals surface area (Å²) in [5, 5.41) is 16.8. The van der Waals surface area contributed by atoms with Gasteiger partial charge in [0.25, 0.3) is 5.91 Å². The molecule has 7 heteroatoms. The molecule has 2 aromatic rings. The van der Waals surface area contributed by atoms with E-state index in [0.29, 0.717) is 24.3 Å². The molecule has 1 unspecified atom stereocenters. The quantitative estimate of drug-likeness (QED) is 0.861. The third-order valence-corrected chi connectivity index (χ3v) is 4.20. The van der Waals surface area contributed by atoms with Crippen LogP contribution in [0.5, 0.6) is 5.88 Å². The fourth-order valence-corrected chi connectivity index (χ4v) is 2.86. The molecule has 7 nitrogen and oxygen atoms in total. The van der Waals surface area contributed by atoms with Gasteiger partial charge in [0, 0.05) is 36.6 Å². The third kappa shape index (κ3) is 3.34. The molecule has 2 heterocycles. The fourth-order valence-electron chi connectivity index (χ4n) is 2.86. The number of carbonyl (C=O) groups excluding carboxylic acids is 1. The lowest BCUT2D eigenvalue weighted by atomic mass is 9.75. The number of pyridine rings is 1. The molecule has 0 saturated heterocycles. The number of aliphatic hydroxyl groups excluding tert-OH is 1. The summed E-state index contributed by atoms with van der Waals surface area (Å²) in [5.41, 5.74) is 1.43. The molecule has 2 N–H and O–H groups in total. The van der Waals surface area contributed by atoms with E-state index in [2.05, 4.69) is 15.4 Å². The van der Waals surface area contributed by atoms with E-state index in [0.717, 1.165) is 5.56 Å². The van der Waals surface area contributed by atoms with Crippen LogP contribution >= 0.6 is 0 Å². The molecule has 122 valence electrons. The van der Waals surface area contributed by atoms with Crippen molar-refractivity contribution in [2.24, 2.45) is 13.0 Å². The molecule has 1 saturated carbocycles. The summed E-state index contributed by atoms with van der Waals surface area (Å²) in [6.07, 6.45) is 6.27. The molecular weight excluding hydrogens is 296 g/mol. The number of rotatable bonds is 5. The molecular formula is C16H20N4O3. The van der Waals surface area contributed by atoms with Crippen LogP contribution in [0.3, 0.4) is 0 Å². The summed E-state index contributed by atoms with van der Waals surface area (Å²) in [4.78, 5) is 16.5. The smallest absolute Gasteiger partial charge is 0.252 e. The van der Waals surface area contributed by atoms with Crippen molar-refractivity contribution >= 4 is 5.91 Å². The zero-order valence-electron chi connectivity index (χ0n) is 13.1. The van der Waals surface area contributed by atoms with E-state index in [1.165, 1.54) is 7.11 Å². The van der Waals surface area contributed by atoms with Crippen LogP contribution in [0.2, 0.25) is 0 Å². The van der Waals surface area contributed by atoms with Crippen molar-refractivity contribution in [3.05, 3.63) is 41.9 Å². The second kappa shape index (κ2) is 6.37. The molecule has 2 aromatic heterocycles. The summed E-state index contributed by atoms with van der Waals surface area (Å²) in [5.74, 6) is 0.414. The number of aliphatic hydroxyl groups is 1. The number of hydrogen-bond acceptors (Lipinski definition) is 5. The number of methoxy groups -OCH3 is 1. The Hall–Kier alpha value is -2.41. The number of ether oxygens (including phenoxy) is 1. The molecule has 1 atom stereocenters. The summed E-state index contributed by atoms with van der Waals surface area (Å²) in [6.45, 7) is 0. The maximum absolute atomic E-state index is 12.5. The number of carbonyl (C=O) groups is 1. The van der Waals surface area contributed by atoms with Crippen LogP contribution < -0.4 is 10.1 Å². The van der Waals surface area contributed by atoms with Gasteiger partial charge in [-0.05, 0) is 24.8 Å². The average molecular weight is 316 g/mol. The highest BCUT2D eigenvalue weighted by molar-refractivity contribution is 5.94. The number of hydrogen-bond donors (Lipinski definition) is 2. The van der Waals surface area contributed by atoms with Gasteiger partial charge in [-0.25, -0.2) is 4.98 Å². The van der Waals surface area contributed by atoms with Gasteiger partial charge in [-0.15, -0.1) is 0 Å². The van der Waals surface area contributed by atoms with E-state index in [4.69, 9.17) is 4.74 Å². The molecule has 0 aromatic carbocycles. The van der Waals surface area contributed by atoms with Crippen molar-refractivity contribution < 1.29 is 14.6 Å². The Balaban J connectivity index is 1.78. The van der Waals surface area contributed by atoms with Crippen LogP contribution in [0.25, 0.3) is 0 Å². The molecule has 1 fully saturated rings. The Kier molecular flexibility index (Phi) is 4.29. The highest BCUT2D eigenvalue weighted by Gasteiger charge is 2.36. The Morgan fingerprint density at radius 3 is 2.91 bits per heavy atom. The topological polar surface area (TPSA) is 89.3 Å². The SMILES string of the molecule is COc1cc(C(=O)NC(c2cnn(C)c2)C2CC(O)C2)ccn1. The van der Waals surface area contributed by atoms with Crippen molar-refractivity contribution in [3.63, 3.8) is 0 Å². The minimum Gasteiger partial charge on any atom is -0.481 e. The lowest BCUT2D eigenvalue weighted by Crippen LogP contribution is -2.41. The highest BCUT2D eigenvalue weighted by Crippen LogP contribution is 2.38. The molecule has 0 radical (unpaired) electrons. The predicted molar refractivity (Wildman–Crippen MR) is 82.9 cm³/mol. The molecule has 1 aliphatic rings. The summed E-state index contributed by atoms with van der Waals surface area (Å²) < 4.78 is 6.76. The van der Waals surface area contributed by atoms with Crippen molar-refractivity contribution in [2.45, 2.75) is 25.0 Å². The molecule has 23 heavy (non-hydrogen) atoms. The predicted octanol–water partition coefficient (Wildman–Crippen LogP) is 1.07. The summed E-state index contributed by atoms with van der Waals surface area (Å²) in [6, 6.07) is 3.08. The third-order valence-electron chi connectivity index (χ3n) is 4.20. The maximum Gasteiger partial charge on any atom is 0.252 e. The normalized spacial score (nSPS) is 21.3. The van der Waals surface area contributed by atoms with Crippen LogP contribution in [0.1, 0.15) is 34.8 Å². The van der Waals surface area contributed by atoms with E-state index in [9.17, 15) is 9.90 Å². The number of amides is 1. The summed E-state index contributed by atoms with van der Waals surface area (Å²) >= 11 is 0.